The van der Waals surface area contributed by atoms with Gasteiger partial charge >= 0.3 is 0 Å². The standard InChI is InChI=1S/C12H20N4/c1-9-7-16(8-10(2)15(9)3)12-4-11(13)5-14-6-12/h4-6,9-10H,7-8,13H2,1-3H3. The maximum absolute atomic E-state index is 5.76. The molecule has 0 amide bonds. The monoisotopic (exact) mass is 220 g/mol. The van der Waals surface area contributed by atoms with Crippen molar-refractivity contribution >= 4 is 11.4 Å². The fraction of sp³-hybridized carbons (Fsp3) is 0.583. The largest absolute Gasteiger partial charge is 0.397 e. The van der Waals surface area contributed by atoms with Crippen molar-refractivity contribution in [1.29, 1.82) is 0 Å². The van der Waals surface area contributed by atoms with Crippen molar-refractivity contribution in [3.63, 3.8) is 0 Å². The third-order valence-electron chi connectivity index (χ3n) is 3.47. The number of nitrogen functional groups attached to an aromatic ring is 1. The van der Waals surface area contributed by atoms with Crippen molar-refractivity contribution in [3.05, 3.63) is 18.5 Å². The van der Waals surface area contributed by atoms with Gasteiger partial charge in [-0.15, -0.1) is 0 Å². The average Bonchev–Trinajstić information content (AvgIpc) is 2.25. The summed E-state index contributed by atoms with van der Waals surface area (Å²) in [6.45, 7) is 6.57. The Bertz CT molecular complexity index is 354. The Morgan fingerprint density at radius 2 is 1.88 bits per heavy atom. The summed E-state index contributed by atoms with van der Waals surface area (Å²) in [6, 6.07) is 3.12. The van der Waals surface area contributed by atoms with Crippen molar-refractivity contribution in [2.24, 2.45) is 0 Å². The van der Waals surface area contributed by atoms with Crippen LogP contribution < -0.4 is 10.6 Å². The molecule has 0 aliphatic carbocycles. The Balaban J connectivity index is 2.17. The number of pyridine rings is 1. The van der Waals surface area contributed by atoms with E-state index in [1.807, 2.05) is 12.3 Å². The number of hydrogen-bond donors (Lipinski definition) is 1. The lowest BCUT2D eigenvalue weighted by Gasteiger charge is -2.43. The van der Waals surface area contributed by atoms with E-state index in [2.05, 4.69) is 35.7 Å². The van der Waals surface area contributed by atoms with Gasteiger partial charge in [-0.1, -0.05) is 0 Å². The van der Waals surface area contributed by atoms with Crippen molar-refractivity contribution in [2.45, 2.75) is 25.9 Å². The molecule has 1 aromatic heterocycles. The van der Waals surface area contributed by atoms with E-state index in [1.54, 1.807) is 6.20 Å². The predicted octanol–water partition coefficient (Wildman–Crippen LogP) is 1.19. The van der Waals surface area contributed by atoms with Crippen LogP contribution in [0, 0.1) is 0 Å². The minimum atomic E-state index is 0.560. The molecule has 1 aliphatic rings. The minimum Gasteiger partial charge on any atom is -0.397 e. The third-order valence-corrected chi connectivity index (χ3v) is 3.47. The smallest absolute Gasteiger partial charge is 0.0574 e. The maximum atomic E-state index is 5.76. The molecule has 4 heteroatoms. The molecular formula is C12H20N4. The molecule has 1 aromatic rings. The molecule has 16 heavy (non-hydrogen) atoms. The van der Waals surface area contributed by atoms with Crippen LogP contribution in [-0.2, 0) is 0 Å². The Morgan fingerprint density at radius 3 is 2.44 bits per heavy atom. The highest BCUT2D eigenvalue weighted by Gasteiger charge is 2.26. The molecule has 2 heterocycles. The van der Waals surface area contributed by atoms with Gasteiger partial charge in [0.15, 0.2) is 0 Å². The summed E-state index contributed by atoms with van der Waals surface area (Å²) in [5.41, 5.74) is 7.63. The second-order valence-electron chi connectivity index (χ2n) is 4.74. The van der Waals surface area contributed by atoms with E-state index >= 15 is 0 Å². The minimum absolute atomic E-state index is 0.560. The van der Waals surface area contributed by atoms with E-state index in [4.69, 9.17) is 5.73 Å². The van der Waals surface area contributed by atoms with Crippen LogP contribution in [0.1, 0.15) is 13.8 Å². The molecule has 2 N–H and O–H groups in total. The van der Waals surface area contributed by atoms with Crippen molar-refractivity contribution in [2.75, 3.05) is 30.8 Å². The van der Waals surface area contributed by atoms with E-state index < -0.39 is 0 Å². The van der Waals surface area contributed by atoms with Gasteiger partial charge in [-0.25, -0.2) is 0 Å². The Morgan fingerprint density at radius 1 is 1.25 bits per heavy atom. The molecule has 0 bridgehead atoms. The first-order chi connectivity index (χ1) is 7.58. The topological polar surface area (TPSA) is 45.4 Å². The number of hydrogen-bond acceptors (Lipinski definition) is 4. The maximum Gasteiger partial charge on any atom is 0.0574 e. The normalized spacial score (nSPS) is 27.1. The van der Waals surface area contributed by atoms with Crippen molar-refractivity contribution in [1.82, 2.24) is 9.88 Å². The van der Waals surface area contributed by atoms with Crippen molar-refractivity contribution < 1.29 is 0 Å². The van der Waals surface area contributed by atoms with E-state index in [9.17, 15) is 0 Å². The molecular weight excluding hydrogens is 200 g/mol. The summed E-state index contributed by atoms with van der Waals surface area (Å²) < 4.78 is 0. The third kappa shape index (κ3) is 2.11. The van der Waals surface area contributed by atoms with E-state index in [-0.39, 0.29) is 0 Å². The zero-order valence-corrected chi connectivity index (χ0v) is 10.2. The number of nitrogens with two attached hydrogens (primary N) is 1. The Labute approximate surface area is 97.1 Å². The van der Waals surface area contributed by atoms with Gasteiger partial charge in [0.05, 0.1) is 17.6 Å². The molecule has 0 radical (unpaired) electrons. The van der Waals surface area contributed by atoms with E-state index in [0.29, 0.717) is 12.1 Å². The van der Waals surface area contributed by atoms with Gasteiger partial charge in [0, 0.05) is 31.4 Å². The number of likely N-dealkylation sites (N-methyl/N-ethyl adjacent to an activating group) is 1. The first kappa shape index (κ1) is 11.2. The van der Waals surface area contributed by atoms with Gasteiger partial charge in [-0.2, -0.15) is 0 Å². The Kier molecular flexibility index (Phi) is 3.01. The summed E-state index contributed by atoms with van der Waals surface area (Å²) in [5, 5.41) is 0. The number of rotatable bonds is 1. The highest BCUT2D eigenvalue weighted by molar-refractivity contribution is 5.53. The number of aromatic nitrogens is 1. The van der Waals surface area contributed by atoms with Gasteiger partial charge in [-0.3, -0.25) is 9.88 Å². The van der Waals surface area contributed by atoms with Crippen LogP contribution in [-0.4, -0.2) is 42.1 Å². The molecule has 4 nitrogen and oxygen atoms in total. The van der Waals surface area contributed by atoms with Gasteiger partial charge < -0.3 is 10.6 Å². The lowest BCUT2D eigenvalue weighted by molar-refractivity contribution is 0.170. The van der Waals surface area contributed by atoms with Crippen LogP contribution in [0.4, 0.5) is 11.4 Å². The second kappa shape index (κ2) is 4.29. The van der Waals surface area contributed by atoms with Crippen LogP contribution in [0.3, 0.4) is 0 Å². The van der Waals surface area contributed by atoms with Crippen molar-refractivity contribution in [3.8, 4) is 0 Å². The molecule has 0 saturated carbocycles. The SMILES string of the molecule is CC1CN(c2cncc(N)c2)CC(C)N1C. The second-order valence-corrected chi connectivity index (χ2v) is 4.74. The molecule has 0 aromatic carbocycles. The predicted molar refractivity (Wildman–Crippen MR) is 67.5 cm³/mol. The molecule has 2 rings (SSSR count). The summed E-state index contributed by atoms with van der Waals surface area (Å²) in [4.78, 5) is 8.92. The Hall–Kier alpha value is -1.29. The summed E-state index contributed by atoms with van der Waals surface area (Å²) in [5.74, 6) is 0. The number of nitrogens with zero attached hydrogens (tertiary/aromatic N) is 3. The molecule has 2 unspecified atom stereocenters. The van der Waals surface area contributed by atoms with Gasteiger partial charge in [-0.05, 0) is 27.0 Å². The first-order valence-corrected chi connectivity index (χ1v) is 5.75. The van der Waals surface area contributed by atoms with Crippen LogP contribution >= 0.6 is 0 Å². The molecule has 1 aliphatic heterocycles. The lowest BCUT2D eigenvalue weighted by Crippen LogP contribution is -2.55. The fourth-order valence-corrected chi connectivity index (χ4v) is 2.23. The lowest BCUT2D eigenvalue weighted by atomic mass is 10.1. The highest BCUT2D eigenvalue weighted by atomic mass is 15.3. The first-order valence-electron chi connectivity index (χ1n) is 5.75. The van der Waals surface area contributed by atoms with Gasteiger partial charge in [0.25, 0.3) is 0 Å². The molecule has 1 fully saturated rings. The van der Waals surface area contributed by atoms with Crippen LogP contribution in [0.5, 0.6) is 0 Å². The van der Waals surface area contributed by atoms with Crippen LogP contribution in [0.2, 0.25) is 0 Å². The highest BCUT2D eigenvalue weighted by Crippen LogP contribution is 2.21. The molecule has 88 valence electrons. The zero-order chi connectivity index (χ0) is 11.7. The number of anilines is 2. The van der Waals surface area contributed by atoms with E-state index in [0.717, 1.165) is 24.5 Å². The van der Waals surface area contributed by atoms with Crippen LogP contribution in [0.25, 0.3) is 0 Å². The zero-order valence-electron chi connectivity index (χ0n) is 10.2. The molecule has 1 saturated heterocycles. The van der Waals surface area contributed by atoms with Crippen LogP contribution in [0.15, 0.2) is 18.5 Å². The van der Waals surface area contributed by atoms with Gasteiger partial charge in [0.2, 0.25) is 0 Å². The fourth-order valence-electron chi connectivity index (χ4n) is 2.23. The molecule has 2 atom stereocenters. The molecule has 0 spiro atoms. The van der Waals surface area contributed by atoms with E-state index in [1.165, 1.54) is 0 Å². The number of piperazine rings is 1. The summed E-state index contributed by atoms with van der Waals surface area (Å²) in [7, 11) is 2.18. The average molecular weight is 220 g/mol. The quantitative estimate of drug-likeness (QED) is 0.772. The summed E-state index contributed by atoms with van der Waals surface area (Å²) >= 11 is 0. The summed E-state index contributed by atoms with van der Waals surface area (Å²) in [6.07, 6.45) is 3.58. The van der Waals surface area contributed by atoms with Gasteiger partial charge in [0.1, 0.15) is 0 Å².